The van der Waals surface area contributed by atoms with Crippen LogP contribution in [0.5, 0.6) is 0 Å². The monoisotopic (exact) mass is 330 g/mol. The third-order valence-corrected chi connectivity index (χ3v) is 4.66. The molecule has 0 radical (unpaired) electrons. The van der Waals surface area contributed by atoms with Crippen LogP contribution in [0.4, 0.5) is 0 Å². The smallest absolute Gasteiger partial charge is 0.227 e. The van der Waals surface area contributed by atoms with Crippen molar-refractivity contribution in [3.63, 3.8) is 0 Å². The van der Waals surface area contributed by atoms with Gasteiger partial charge < -0.3 is 10.6 Å². The first-order valence-corrected chi connectivity index (χ1v) is 7.57. The largest absolute Gasteiger partial charge is 0.341 e. The quantitative estimate of drug-likeness (QED) is 0.919. The number of hydrogen-bond donors (Lipinski definition) is 1. The van der Waals surface area contributed by atoms with Crippen molar-refractivity contribution < 1.29 is 4.79 Å². The van der Waals surface area contributed by atoms with Crippen LogP contribution in [0.2, 0.25) is 5.02 Å². The van der Waals surface area contributed by atoms with Crippen LogP contribution in [-0.4, -0.2) is 23.4 Å². The molecule has 2 unspecified atom stereocenters. The zero-order valence-electron chi connectivity index (χ0n) is 12.6. The van der Waals surface area contributed by atoms with Gasteiger partial charge in [0.15, 0.2) is 0 Å². The van der Waals surface area contributed by atoms with Crippen molar-refractivity contribution in [1.82, 2.24) is 4.90 Å². The molecule has 1 aromatic rings. The average Bonchev–Trinajstić information content (AvgIpc) is 2.40. The lowest BCUT2D eigenvalue weighted by molar-refractivity contribution is -0.138. The van der Waals surface area contributed by atoms with Gasteiger partial charge in [0.2, 0.25) is 5.91 Å². The lowest BCUT2D eigenvalue weighted by Crippen LogP contribution is -2.53. The molecule has 2 rings (SSSR count). The normalized spacial score (nSPS) is 25.0. The van der Waals surface area contributed by atoms with Gasteiger partial charge in [0.25, 0.3) is 0 Å². The first-order chi connectivity index (χ1) is 9.42. The summed E-state index contributed by atoms with van der Waals surface area (Å²) in [4.78, 5) is 14.4. The fourth-order valence-corrected chi connectivity index (χ4v) is 3.19. The van der Waals surface area contributed by atoms with Gasteiger partial charge in [-0.2, -0.15) is 0 Å². The lowest BCUT2D eigenvalue weighted by Gasteiger charge is -2.39. The van der Waals surface area contributed by atoms with E-state index >= 15 is 0 Å². The maximum atomic E-state index is 12.6. The van der Waals surface area contributed by atoms with Crippen molar-refractivity contribution >= 4 is 29.9 Å². The summed E-state index contributed by atoms with van der Waals surface area (Å²) >= 11 is 6.15. The van der Waals surface area contributed by atoms with Crippen LogP contribution in [0.1, 0.15) is 38.2 Å². The zero-order chi connectivity index (χ0) is 14.8. The van der Waals surface area contributed by atoms with Crippen LogP contribution < -0.4 is 5.73 Å². The van der Waals surface area contributed by atoms with E-state index in [-0.39, 0.29) is 29.8 Å². The van der Waals surface area contributed by atoms with E-state index in [1.165, 1.54) is 0 Å². The van der Waals surface area contributed by atoms with Gasteiger partial charge in [-0.3, -0.25) is 4.79 Å². The predicted molar refractivity (Wildman–Crippen MR) is 89.7 cm³/mol. The van der Waals surface area contributed by atoms with E-state index in [1.807, 2.05) is 38.2 Å². The van der Waals surface area contributed by atoms with Crippen LogP contribution in [-0.2, 0) is 11.3 Å². The second-order valence-electron chi connectivity index (χ2n) is 6.09. The average molecular weight is 331 g/mol. The van der Waals surface area contributed by atoms with Crippen LogP contribution in [0.3, 0.4) is 0 Å². The standard InChI is InChI=1S/C16H23ClN2O.ClH/c1-16(18)10-6-5-8-13(16)15(20)19(2)11-12-7-3-4-9-14(12)17;/h3-4,7,9,13H,5-6,8,10-11,18H2,1-2H3;1H. The molecular formula is C16H24Cl2N2O. The summed E-state index contributed by atoms with van der Waals surface area (Å²) in [7, 11) is 1.83. The SMILES string of the molecule is CN(Cc1ccccc1Cl)C(=O)C1CCCCC1(C)N.Cl. The molecule has 0 aromatic heterocycles. The van der Waals surface area contributed by atoms with E-state index in [1.54, 1.807) is 4.90 Å². The van der Waals surface area contributed by atoms with Crippen molar-refractivity contribution in [3.8, 4) is 0 Å². The number of nitrogens with two attached hydrogens (primary N) is 1. The molecule has 1 aliphatic rings. The van der Waals surface area contributed by atoms with Gasteiger partial charge in [-0.25, -0.2) is 0 Å². The van der Waals surface area contributed by atoms with Crippen molar-refractivity contribution in [3.05, 3.63) is 34.9 Å². The van der Waals surface area contributed by atoms with Crippen molar-refractivity contribution in [2.24, 2.45) is 11.7 Å². The molecule has 1 aromatic carbocycles. The van der Waals surface area contributed by atoms with Crippen LogP contribution in [0.25, 0.3) is 0 Å². The minimum absolute atomic E-state index is 0. The fourth-order valence-electron chi connectivity index (χ4n) is 2.99. The fraction of sp³-hybridized carbons (Fsp3) is 0.562. The maximum Gasteiger partial charge on any atom is 0.227 e. The molecular weight excluding hydrogens is 307 g/mol. The summed E-state index contributed by atoms with van der Waals surface area (Å²) in [6, 6.07) is 7.64. The number of rotatable bonds is 3. The molecule has 1 fully saturated rings. The molecule has 2 atom stereocenters. The molecule has 0 spiro atoms. The Bertz CT molecular complexity index is 491. The Labute approximate surface area is 138 Å². The molecule has 0 bridgehead atoms. The molecule has 1 aliphatic carbocycles. The Kier molecular flexibility index (Phi) is 6.51. The maximum absolute atomic E-state index is 12.6. The van der Waals surface area contributed by atoms with Crippen molar-refractivity contribution in [2.75, 3.05) is 7.05 Å². The summed E-state index contributed by atoms with van der Waals surface area (Å²) in [6.07, 6.45) is 4.01. The summed E-state index contributed by atoms with van der Waals surface area (Å²) < 4.78 is 0. The second-order valence-corrected chi connectivity index (χ2v) is 6.50. The summed E-state index contributed by atoms with van der Waals surface area (Å²) in [6.45, 7) is 2.53. The number of amides is 1. The molecule has 0 saturated heterocycles. The minimum atomic E-state index is -0.385. The van der Waals surface area contributed by atoms with Gasteiger partial charge in [-0.15, -0.1) is 12.4 Å². The molecule has 1 amide bonds. The van der Waals surface area contributed by atoms with Crippen LogP contribution in [0, 0.1) is 5.92 Å². The number of carbonyl (C=O) groups is 1. The number of halogens is 2. The molecule has 2 N–H and O–H groups in total. The highest BCUT2D eigenvalue weighted by atomic mass is 35.5. The molecule has 118 valence electrons. The lowest BCUT2D eigenvalue weighted by atomic mass is 9.74. The number of carbonyl (C=O) groups excluding carboxylic acids is 1. The minimum Gasteiger partial charge on any atom is -0.341 e. The summed E-state index contributed by atoms with van der Waals surface area (Å²) in [5, 5.41) is 0.700. The van der Waals surface area contributed by atoms with E-state index in [0.717, 1.165) is 31.2 Å². The summed E-state index contributed by atoms with van der Waals surface area (Å²) in [5.74, 6) is 0.0540. The number of hydrogen-bond acceptors (Lipinski definition) is 2. The Morgan fingerprint density at radius 2 is 2.10 bits per heavy atom. The van der Waals surface area contributed by atoms with Gasteiger partial charge in [-0.1, -0.05) is 42.6 Å². The first-order valence-electron chi connectivity index (χ1n) is 7.19. The van der Waals surface area contributed by atoms with E-state index in [4.69, 9.17) is 17.3 Å². The molecule has 0 heterocycles. The van der Waals surface area contributed by atoms with Gasteiger partial charge in [0.1, 0.15) is 0 Å². The highest BCUT2D eigenvalue weighted by molar-refractivity contribution is 6.31. The first kappa shape index (κ1) is 18.3. The number of benzene rings is 1. The predicted octanol–water partition coefficient (Wildman–Crippen LogP) is 3.63. The Morgan fingerprint density at radius 3 is 2.71 bits per heavy atom. The third-order valence-electron chi connectivity index (χ3n) is 4.29. The van der Waals surface area contributed by atoms with E-state index in [2.05, 4.69) is 0 Å². The second kappa shape index (κ2) is 7.48. The highest BCUT2D eigenvalue weighted by Gasteiger charge is 2.39. The third kappa shape index (κ3) is 4.35. The van der Waals surface area contributed by atoms with Gasteiger partial charge >= 0.3 is 0 Å². The van der Waals surface area contributed by atoms with Gasteiger partial charge in [-0.05, 0) is 31.4 Å². The van der Waals surface area contributed by atoms with Crippen molar-refractivity contribution in [1.29, 1.82) is 0 Å². The number of nitrogens with zero attached hydrogens (tertiary/aromatic N) is 1. The van der Waals surface area contributed by atoms with Crippen LogP contribution in [0.15, 0.2) is 24.3 Å². The molecule has 3 nitrogen and oxygen atoms in total. The summed E-state index contributed by atoms with van der Waals surface area (Å²) in [5.41, 5.74) is 6.90. The van der Waals surface area contributed by atoms with E-state index in [9.17, 15) is 4.79 Å². The Hall–Kier alpha value is -0.770. The molecule has 1 saturated carbocycles. The Morgan fingerprint density at radius 1 is 1.43 bits per heavy atom. The molecule has 21 heavy (non-hydrogen) atoms. The van der Waals surface area contributed by atoms with E-state index in [0.29, 0.717) is 11.6 Å². The topological polar surface area (TPSA) is 46.3 Å². The molecule has 5 heteroatoms. The highest BCUT2D eigenvalue weighted by Crippen LogP contribution is 2.33. The Balaban J connectivity index is 0.00000220. The van der Waals surface area contributed by atoms with Crippen LogP contribution >= 0.6 is 24.0 Å². The molecule has 0 aliphatic heterocycles. The zero-order valence-corrected chi connectivity index (χ0v) is 14.2. The van der Waals surface area contributed by atoms with Crippen molar-refractivity contribution in [2.45, 2.75) is 44.7 Å². The van der Waals surface area contributed by atoms with Gasteiger partial charge in [0, 0.05) is 24.2 Å². The van der Waals surface area contributed by atoms with Gasteiger partial charge in [0.05, 0.1) is 5.92 Å². The van der Waals surface area contributed by atoms with E-state index < -0.39 is 0 Å².